The molecule has 0 radical (unpaired) electrons. The maximum Gasteiger partial charge on any atom is 0.220 e. The van der Waals surface area contributed by atoms with E-state index in [9.17, 15) is 9.18 Å². The molecule has 1 amide bonds. The Morgan fingerprint density at radius 1 is 1.33 bits per heavy atom. The molecule has 1 aromatic heterocycles. The maximum atomic E-state index is 13.8. The molecule has 0 saturated carbocycles. The van der Waals surface area contributed by atoms with E-state index in [1.807, 2.05) is 6.92 Å². The predicted octanol–water partition coefficient (Wildman–Crippen LogP) is 3.70. The lowest BCUT2D eigenvalue weighted by molar-refractivity contribution is -0.122. The van der Waals surface area contributed by atoms with Crippen molar-refractivity contribution in [2.75, 3.05) is 6.61 Å². The molecule has 5 heteroatoms. The first-order chi connectivity index (χ1) is 11.6. The van der Waals surface area contributed by atoms with E-state index in [0.717, 1.165) is 19.4 Å². The van der Waals surface area contributed by atoms with Crippen LogP contribution in [0, 0.1) is 5.82 Å². The topological polar surface area (TPSA) is 51.5 Å². The molecule has 1 aromatic carbocycles. The van der Waals surface area contributed by atoms with E-state index < -0.39 is 0 Å². The third-order valence-corrected chi connectivity index (χ3v) is 4.31. The lowest BCUT2D eigenvalue weighted by atomic mass is 10.1. The van der Waals surface area contributed by atoms with Gasteiger partial charge in [0.1, 0.15) is 17.3 Å². The summed E-state index contributed by atoms with van der Waals surface area (Å²) in [5.41, 5.74) is 0.431. The molecule has 24 heavy (non-hydrogen) atoms. The summed E-state index contributed by atoms with van der Waals surface area (Å²) >= 11 is 0. The monoisotopic (exact) mass is 331 g/mol. The van der Waals surface area contributed by atoms with E-state index in [-0.39, 0.29) is 23.9 Å². The third-order valence-electron chi connectivity index (χ3n) is 4.31. The molecule has 3 rings (SSSR count). The SMILES string of the molecule is C[C@@H](NC(=O)CCc1ccc(-c2ccccc2F)o1)[C@@H]1CCCO1. The van der Waals surface area contributed by atoms with Gasteiger partial charge >= 0.3 is 0 Å². The van der Waals surface area contributed by atoms with E-state index >= 15 is 0 Å². The molecule has 0 bridgehead atoms. The Hall–Kier alpha value is -2.14. The average molecular weight is 331 g/mol. The number of furan rings is 1. The zero-order valence-electron chi connectivity index (χ0n) is 13.8. The average Bonchev–Trinajstić information content (AvgIpc) is 3.25. The van der Waals surface area contributed by atoms with Crippen molar-refractivity contribution in [1.29, 1.82) is 0 Å². The van der Waals surface area contributed by atoms with Crippen LogP contribution >= 0.6 is 0 Å². The van der Waals surface area contributed by atoms with Crippen LogP contribution in [0.1, 0.15) is 31.9 Å². The Kier molecular flexibility index (Phi) is 5.30. The summed E-state index contributed by atoms with van der Waals surface area (Å²) in [6, 6.07) is 10.0. The fraction of sp³-hybridized carbons (Fsp3) is 0.421. The second-order valence-corrected chi connectivity index (χ2v) is 6.15. The molecular formula is C19H22FNO3. The number of hydrogen-bond donors (Lipinski definition) is 1. The van der Waals surface area contributed by atoms with Crippen molar-refractivity contribution in [1.82, 2.24) is 5.32 Å². The number of nitrogens with one attached hydrogen (secondary N) is 1. The normalized spacial score (nSPS) is 18.5. The lowest BCUT2D eigenvalue weighted by Crippen LogP contribution is -2.40. The van der Waals surface area contributed by atoms with Crippen molar-refractivity contribution in [3.63, 3.8) is 0 Å². The largest absolute Gasteiger partial charge is 0.461 e. The van der Waals surface area contributed by atoms with Crippen LogP contribution in [0.4, 0.5) is 4.39 Å². The van der Waals surface area contributed by atoms with Crippen LogP contribution in [-0.2, 0) is 16.0 Å². The van der Waals surface area contributed by atoms with E-state index in [2.05, 4.69) is 5.32 Å². The fourth-order valence-corrected chi connectivity index (χ4v) is 2.97. The highest BCUT2D eigenvalue weighted by Crippen LogP contribution is 2.25. The van der Waals surface area contributed by atoms with Gasteiger partial charge in [-0.05, 0) is 44.0 Å². The Bertz CT molecular complexity index is 691. The molecule has 2 heterocycles. The summed E-state index contributed by atoms with van der Waals surface area (Å²) in [7, 11) is 0. The van der Waals surface area contributed by atoms with Crippen molar-refractivity contribution >= 4 is 5.91 Å². The number of amides is 1. The van der Waals surface area contributed by atoms with Gasteiger partial charge in [-0.25, -0.2) is 4.39 Å². The molecule has 128 valence electrons. The van der Waals surface area contributed by atoms with Crippen molar-refractivity contribution in [3.8, 4) is 11.3 Å². The van der Waals surface area contributed by atoms with Gasteiger partial charge in [-0.2, -0.15) is 0 Å². The zero-order valence-corrected chi connectivity index (χ0v) is 13.8. The van der Waals surface area contributed by atoms with Crippen LogP contribution in [0.15, 0.2) is 40.8 Å². The Morgan fingerprint density at radius 2 is 2.17 bits per heavy atom. The van der Waals surface area contributed by atoms with Crippen LogP contribution in [0.2, 0.25) is 0 Å². The van der Waals surface area contributed by atoms with Crippen LogP contribution in [0.5, 0.6) is 0 Å². The maximum absolute atomic E-state index is 13.8. The minimum atomic E-state index is -0.318. The fourth-order valence-electron chi connectivity index (χ4n) is 2.97. The second kappa shape index (κ2) is 7.62. The molecule has 2 aromatic rings. The second-order valence-electron chi connectivity index (χ2n) is 6.15. The van der Waals surface area contributed by atoms with Gasteiger partial charge in [-0.1, -0.05) is 12.1 Å². The first-order valence-electron chi connectivity index (χ1n) is 8.38. The van der Waals surface area contributed by atoms with E-state index in [0.29, 0.717) is 29.9 Å². The molecule has 4 nitrogen and oxygen atoms in total. The lowest BCUT2D eigenvalue weighted by Gasteiger charge is -2.19. The van der Waals surface area contributed by atoms with E-state index in [1.54, 1.807) is 30.3 Å². The number of ether oxygens (including phenoxy) is 1. The van der Waals surface area contributed by atoms with Gasteiger partial charge in [0.2, 0.25) is 5.91 Å². The van der Waals surface area contributed by atoms with Gasteiger partial charge in [0, 0.05) is 19.4 Å². The summed E-state index contributed by atoms with van der Waals surface area (Å²) < 4.78 is 25.0. The smallest absolute Gasteiger partial charge is 0.220 e. The van der Waals surface area contributed by atoms with Gasteiger partial charge in [0.25, 0.3) is 0 Å². The van der Waals surface area contributed by atoms with Crippen molar-refractivity contribution in [2.45, 2.75) is 44.8 Å². The highest BCUT2D eigenvalue weighted by molar-refractivity contribution is 5.76. The molecule has 0 unspecified atom stereocenters. The molecule has 1 fully saturated rings. The van der Waals surface area contributed by atoms with E-state index in [1.165, 1.54) is 6.07 Å². The van der Waals surface area contributed by atoms with Gasteiger partial charge in [-0.15, -0.1) is 0 Å². The van der Waals surface area contributed by atoms with E-state index in [4.69, 9.17) is 9.15 Å². The minimum absolute atomic E-state index is 0.0191. The number of rotatable bonds is 6. The quantitative estimate of drug-likeness (QED) is 0.878. The molecule has 1 aliphatic heterocycles. The van der Waals surface area contributed by atoms with Gasteiger partial charge < -0.3 is 14.5 Å². The number of benzene rings is 1. The first kappa shape index (κ1) is 16.7. The van der Waals surface area contributed by atoms with Crippen LogP contribution in [0.3, 0.4) is 0 Å². The summed E-state index contributed by atoms with van der Waals surface area (Å²) in [5, 5.41) is 2.97. The molecule has 1 aliphatic rings. The summed E-state index contributed by atoms with van der Waals surface area (Å²) in [4.78, 5) is 12.0. The van der Waals surface area contributed by atoms with Gasteiger partial charge in [-0.3, -0.25) is 4.79 Å². The Morgan fingerprint density at radius 3 is 2.92 bits per heavy atom. The van der Waals surface area contributed by atoms with Gasteiger partial charge in [0.15, 0.2) is 0 Å². The highest BCUT2D eigenvalue weighted by Gasteiger charge is 2.23. The van der Waals surface area contributed by atoms with Crippen molar-refractivity contribution < 1.29 is 18.3 Å². The standard InChI is InChI=1S/C19H22FNO3/c1-13(17-7-4-12-23-17)21-19(22)11-9-14-8-10-18(24-14)15-5-2-3-6-16(15)20/h2-3,5-6,8,10,13,17H,4,7,9,11-12H2,1H3,(H,21,22)/t13-,17+/m1/s1. The minimum Gasteiger partial charge on any atom is -0.461 e. The van der Waals surface area contributed by atoms with Crippen LogP contribution in [-0.4, -0.2) is 24.7 Å². The molecule has 2 atom stereocenters. The number of halogens is 1. The van der Waals surface area contributed by atoms with Crippen molar-refractivity contribution in [2.24, 2.45) is 0 Å². The third kappa shape index (κ3) is 4.03. The number of carbonyl (C=O) groups is 1. The highest BCUT2D eigenvalue weighted by atomic mass is 19.1. The van der Waals surface area contributed by atoms with Gasteiger partial charge in [0.05, 0.1) is 17.7 Å². The van der Waals surface area contributed by atoms with Crippen molar-refractivity contribution in [3.05, 3.63) is 48.0 Å². The molecule has 0 spiro atoms. The van der Waals surface area contributed by atoms with Crippen LogP contribution < -0.4 is 5.32 Å². The molecular weight excluding hydrogens is 309 g/mol. The summed E-state index contributed by atoms with van der Waals surface area (Å²) in [6.45, 7) is 2.74. The molecule has 1 N–H and O–H groups in total. The zero-order chi connectivity index (χ0) is 16.9. The first-order valence-corrected chi connectivity index (χ1v) is 8.38. The number of hydrogen-bond acceptors (Lipinski definition) is 3. The van der Waals surface area contributed by atoms with Crippen LogP contribution in [0.25, 0.3) is 11.3 Å². The molecule has 1 saturated heterocycles. The number of carbonyl (C=O) groups excluding carboxylic acids is 1. The predicted molar refractivity (Wildman–Crippen MR) is 89.0 cm³/mol. The summed E-state index contributed by atoms with van der Waals surface area (Å²) in [6.07, 6.45) is 2.98. The Labute approximate surface area is 141 Å². The number of aryl methyl sites for hydroxylation is 1. The Balaban J connectivity index is 1.52. The summed E-state index contributed by atoms with van der Waals surface area (Å²) in [5.74, 6) is 0.813. The molecule has 0 aliphatic carbocycles.